The van der Waals surface area contributed by atoms with E-state index in [0.29, 0.717) is 29.1 Å². The van der Waals surface area contributed by atoms with Crippen LogP contribution < -0.4 is 10.4 Å². The van der Waals surface area contributed by atoms with Crippen molar-refractivity contribution >= 4 is 45.1 Å². The summed E-state index contributed by atoms with van der Waals surface area (Å²) in [7, 11) is -3.67. The normalized spacial score (nSPS) is 14.8. The van der Waals surface area contributed by atoms with Crippen molar-refractivity contribution in [3.8, 4) is 11.1 Å². The first-order chi connectivity index (χ1) is 15.8. The number of nitrogens with one attached hydrogen (secondary N) is 1. The first kappa shape index (κ1) is 23.4. The number of hydroxylamine groups is 1. The molecule has 3 aromatic rings. The molecule has 2 aromatic carbocycles. The summed E-state index contributed by atoms with van der Waals surface area (Å²) in [5.74, 6) is -0.326. The van der Waals surface area contributed by atoms with E-state index >= 15 is 0 Å². The molecule has 172 valence electrons. The highest BCUT2D eigenvalue weighted by molar-refractivity contribution is 7.89. The maximum Gasteiger partial charge on any atom is 0.277 e. The van der Waals surface area contributed by atoms with E-state index < -0.39 is 15.9 Å². The number of rotatable bonds is 5. The molecule has 12 heteroatoms. The summed E-state index contributed by atoms with van der Waals surface area (Å²) in [5.41, 5.74) is 3.24. The van der Waals surface area contributed by atoms with Gasteiger partial charge < -0.3 is 4.90 Å². The molecular weight excluding hydrogens is 489 g/mol. The number of carbonyl (C=O) groups excluding carboxylic acids is 1. The van der Waals surface area contributed by atoms with Gasteiger partial charge in [-0.1, -0.05) is 35.3 Å². The summed E-state index contributed by atoms with van der Waals surface area (Å²) in [4.78, 5) is 21.7. The Labute approximate surface area is 200 Å². The second-order valence-electron chi connectivity index (χ2n) is 7.29. The van der Waals surface area contributed by atoms with Gasteiger partial charge in [0.1, 0.15) is 0 Å². The Bertz CT molecular complexity index is 1240. The molecule has 0 unspecified atom stereocenters. The van der Waals surface area contributed by atoms with E-state index in [0.717, 1.165) is 11.1 Å². The Balaban J connectivity index is 1.44. The molecule has 2 N–H and O–H groups in total. The molecule has 0 spiro atoms. The van der Waals surface area contributed by atoms with Gasteiger partial charge in [0.05, 0.1) is 10.5 Å². The van der Waals surface area contributed by atoms with E-state index in [1.54, 1.807) is 42.5 Å². The molecule has 2 heterocycles. The van der Waals surface area contributed by atoms with Crippen molar-refractivity contribution in [2.24, 2.45) is 0 Å². The zero-order chi connectivity index (χ0) is 23.6. The third-order valence-corrected chi connectivity index (χ3v) is 7.56. The van der Waals surface area contributed by atoms with Crippen LogP contribution in [0.5, 0.6) is 0 Å². The highest BCUT2D eigenvalue weighted by Crippen LogP contribution is 2.29. The van der Waals surface area contributed by atoms with Gasteiger partial charge in [-0.15, -0.1) is 0 Å². The SMILES string of the molecule is O=C(NO)c1cnc(N2CCN(S(=O)(=O)c3ccc(-c4cc(Cl)cc(Cl)c4)cc3)CC2)nc1. The van der Waals surface area contributed by atoms with E-state index in [2.05, 4.69) is 9.97 Å². The first-order valence-corrected chi connectivity index (χ1v) is 12.1. The molecule has 0 bridgehead atoms. The maximum absolute atomic E-state index is 13.1. The largest absolute Gasteiger partial charge is 0.338 e. The zero-order valence-electron chi connectivity index (χ0n) is 17.1. The number of hydrogen-bond donors (Lipinski definition) is 2. The molecule has 1 amide bonds. The Morgan fingerprint density at radius 3 is 2.03 bits per heavy atom. The first-order valence-electron chi connectivity index (χ1n) is 9.86. The number of benzene rings is 2. The minimum Gasteiger partial charge on any atom is -0.338 e. The second-order valence-corrected chi connectivity index (χ2v) is 10.1. The van der Waals surface area contributed by atoms with Crippen molar-refractivity contribution < 1.29 is 18.4 Å². The van der Waals surface area contributed by atoms with Crippen LogP contribution in [0.15, 0.2) is 59.8 Å². The highest BCUT2D eigenvalue weighted by Gasteiger charge is 2.29. The van der Waals surface area contributed by atoms with E-state index in [4.69, 9.17) is 28.4 Å². The fraction of sp³-hybridized carbons (Fsp3) is 0.190. The highest BCUT2D eigenvalue weighted by atomic mass is 35.5. The van der Waals surface area contributed by atoms with Crippen LogP contribution in [0.3, 0.4) is 0 Å². The number of aromatic nitrogens is 2. The van der Waals surface area contributed by atoms with Crippen LogP contribution in [0.1, 0.15) is 10.4 Å². The lowest BCUT2D eigenvalue weighted by atomic mass is 10.1. The van der Waals surface area contributed by atoms with Crippen LogP contribution in [0.25, 0.3) is 11.1 Å². The molecule has 1 aliphatic rings. The van der Waals surface area contributed by atoms with Crippen LogP contribution in [-0.4, -0.2) is 60.0 Å². The number of piperazine rings is 1. The summed E-state index contributed by atoms with van der Waals surface area (Å²) in [6, 6.07) is 11.8. The van der Waals surface area contributed by atoms with Gasteiger partial charge in [0.15, 0.2) is 0 Å². The lowest BCUT2D eigenvalue weighted by Gasteiger charge is -2.34. The van der Waals surface area contributed by atoms with Crippen molar-refractivity contribution in [3.63, 3.8) is 0 Å². The Morgan fingerprint density at radius 2 is 1.48 bits per heavy atom. The summed E-state index contributed by atoms with van der Waals surface area (Å²) >= 11 is 12.1. The molecule has 1 fully saturated rings. The lowest BCUT2D eigenvalue weighted by molar-refractivity contribution is 0.0705. The fourth-order valence-corrected chi connectivity index (χ4v) is 5.43. The van der Waals surface area contributed by atoms with Gasteiger partial charge in [0.2, 0.25) is 16.0 Å². The van der Waals surface area contributed by atoms with Crippen LogP contribution >= 0.6 is 23.2 Å². The summed E-state index contributed by atoms with van der Waals surface area (Å²) in [6.45, 7) is 1.31. The molecular formula is C21H19Cl2N5O4S. The van der Waals surface area contributed by atoms with Gasteiger partial charge >= 0.3 is 0 Å². The quantitative estimate of drug-likeness (QED) is 0.402. The van der Waals surface area contributed by atoms with E-state index in [-0.39, 0.29) is 23.5 Å². The smallest absolute Gasteiger partial charge is 0.277 e. The number of nitrogens with zero attached hydrogens (tertiary/aromatic N) is 4. The van der Waals surface area contributed by atoms with Crippen molar-refractivity contribution in [3.05, 3.63) is 70.5 Å². The lowest BCUT2D eigenvalue weighted by Crippen LogP contribution is -2.49. The molecule has 1 aliphatic heterocycles. The van der Waals surface area contributed by atoms with E-state index in [1.807, 2.05) is 4.90 Å². The van der Waals surface area contributed by atoms with E-state index in [9.17, 15) is 13.2 Å². The number of halogens is 2. The fourth-order valence-electron chi connectivity index (χ4n) is 3.48. The number of anilines is 1. The van der Waals surface area contributed by atoms with Gasteiger partial charge in [0.25, 0.3) is 5.91 Å². The molecule has 0 radical (unpaired) electrons. The van der Waals surface area contributed by atoms with Crippen LogP contribution in [-0.2, 0) is 10.0 Å². The number of sulfonamides is 1. The zero-order valence-corrected chi connectivity index (χ0v) is 19.5. The Morgan fingerprint density at radius 1 is 0.909 bits per heavy atom. The maximum atomic E-state index is 13.1. The van der Waals surface area contributed by atoms with Crippen molar-refractivity contribution in [1.29, 1.82) is 0 Å². The molecule has 1 aromatic heterocycles. The van der Waals surface area contributed by atoms with E-state index in [1.165, 1.54) is 22.2 Å². The molecule has 0 aliphatic carbocycles. The van der Waals surface area contributed by atoms with Gasteiger partial charge in [0, 0.05) is 48.6 Å². The van der Waals surface area contributed by atoms with Gasteiger partial charge in [-0.25, -0.2) is 23.9 Å². The van der Waals surface area contributed by atoms with Crippen LogP contribution in [0.2, 0.25) is 10.0 Å². The minimum atomic E-state index is -3.67. The second kappa shape index (κ2) is 9.62. The third kappa shape index (κ3) is 5.10. The van der Waals surface area contributed by atoms with Gasteiger partial charge in [-0.3, -0.25) is 10.0 Å². The summed E-state index contributed by atoms with van der Waals surface area (Å²) in [6.07, 6.45) is 2.59. The van der Waals surface area contributed by atoms with Gasteiger partial charge in [-0.2, -0.15) is 4.31 Å². The molecule has 0 atom stereocenters. The summed E-state index contributed by atoms with van der Waals surface area (Å²) < 4.78 is 27.6. The molecule has 1 saturated heterocycles. The topological polar surface area (TPSA) is 116 Å². The van der Waals surface area contributed by atoms with Crippen LogP contribution in [0.4, 0.5) is 5.95 Å². The third-order valence-electron chi connectivity index (χ3n) is 5.21. The number of amides is 1. The van der Waals surface area contributed by atoms with Crippen LogP contribution in [0, 0.1) is 0 Å². The Kier molecular flexibility index (Phi) is 6.82. The summed E-state index contributed by atoms with van der Waals surface area (Å²) in [5, 5.41) is 9.67. The Hall–Kier alpha value is -2.76. The van der Waals surface area contributed by atoms with Crippen molar-refractivity contribution in [1.82, 2.24) is 19.8 Å². The molecule has 0 saturated carbocycles. The molecule has 9 nitrogen and oxygen atoms in total. The average Bonchev–Trinajstić information content (AvgIpc) is 2.83. The molecule has 4 rings (SSSR count). The van der Waals surface area contributed by atoms with Crippen molar-refractivity contribution in [2.45, 2.75) is 4.90 Å². The number of hydrogen-bond acceptors (Lipinski definition) is 7. The minimum absolute atomic E-state index is 0.117. The monoisotopic (exact) mass is 507 g/mol. The predicted molar refractivity (Wildman–Crippen MR) is 124 cm³/mol. The van der Waals surface area contributed by atoms with Crippen molar-refractivity contribution in [2.75, 3.05) is 31.1 Å². The van der Waals surface area contributed by atoms with Gasteiger partial charge in [-0.05, 0) is 41.5 Å². The molecule has 33 heavy (non-hydrogen) atoms. The number of carbonyl (C=O) groups is 1. The standard InChI is InChI=1S/C21H19Cl2N5O4S/c22-17-9-15(10-18(23)11-17)14-1-3-19(4-2-14)33(31,32)28-7-5-27(6-8-28)21-24-12-16(13-25-21)20(29)26-30/h1-4,9-13,30H,5-8H2,(H,26,29). The average molecular weight is 508 g/mol. The predicted octanol–water partition coefficient (Wildman–Crippen LogP) is 3.08.